The minimum Gasteiger partial charge on any atom is -0.466 e. The molecule has 1 aromatic rings. The summed E-state index contributed by atoms with van der Waals surface area (Å²) < 4.78 is 4.45. The molecule has 88 valence electrons. The van der Waals surface area contributed by atoms with Crippen LogP contribution in [0, 0.1) is 0 Å². The lowest BCUT2D eigenvalue weighted by Crippen LogP contribution is -2.12. The summed E-state index contributed by atoms with van der Waals surface area (Å²) in [7, 11) is 1.19. The zero-order valence-electron chi connectivity index (χ0n) is 9.20. The summed E-state index contributed by atoms with van der Waals surface area (Å²) in [5.41, 5.74) is 8.81. The predicted molar refractivity (Wildman–Crippen MR) is 61.4 cm³/mol. The summed E-state index contributed by atoms with van der Waals surface area (Å²) in [5, 5.41) is 13.3. The number of aliphatic hydroxyl groups excluding tert-OH is 1. The molecule has 0 aliphatic heterocycles. The number of azide groups is 1. The van der Waals surface area contributed by atoms with Crippen LogP contribution in [-0.4, -0.2) is 18.2 Å². The fourth-order valence-corrected chi connectivity index (χ4v) is 1.29. The summed E-state index contributed by atoms with van der Waals surface area (Å²) in [6.07, 6.45) is -1.26. The van der Waals surface area contributed by atoms with E-state index in [4.69, 9.17) is 5.53 Å². The zero-order chi connectivity index (χ0) is 12.8. The highest BCUT2D eigenvalue weighted by Crippen LogP contribution is 2.29. The predicted octanol–water partition coefficient (Wildman–Crippen LogP) is 2.39. The van der Waals surface area contributed by atoms with Crippen LogP contribution in [0.3, 0.4) is 0 Å². The third kappa shape index (κ3) is 2.84. The number of esters is 1. The molecule has 0 heterocycles. The maximum Gasteiger partial charge on any atom is 0.336 e. The van der Waals surface area contributed by atoms with Crippen molar-refractivity contribution in [2.45, 2.75) is 6.10 Å². The van der Waals surface area contributed by atoms with Gasteiger partial charge in [0.15, 0.2) is 0 Å². The number of ether oxygens (including phenoxy) is 1. The molecule has 1 aromatic carbocycles. The van der Waals surface area contributed by atoms with Crippen molar-refractivity contribution in [3.8, 4) is 0 Å². The Bertz CT molecular complexity index is 492. The fraction of sp³-hybridized carbons (Fsp3) is 0.182. The Kier molecular flexibility index (Phi) is 4.28. The molecule has 0 aromatic heterocycles. The van der Waals surface area contributed by atoms with E-state index < -0.39 is 12.1 Å². The van der Waals surface area contributed by atoms with Gasteiger partial charge in [0.2, 0.25) is 0 Å². The Balaban J connectivity index is 3.11. The van der Waals surface area contributed by atoms with E-state index in [9.17, 15) is 9.90 Å². The lowest BCUT2D eigenvalue weighted by Gasteiger charge is -2.14. The van der Waals surface area contributed by atoms with Crippen molar-refractivity contribution in [2.24, 2.45) is 5.11 Å². The minimum atomic E-state index is -1.26. The maximum atomic E-state index is 11.2. The Labute approximate surface area is 97.8 Å². The Hall–Kier alpha value is -2.30. The van der Waals surface area contributed by atoms with Crippen LogP contribution in [-0.2, 0) is 9.53 Å². The Morgan fingerprint density at radius 1 is 1.59 bits per heavy atom. The summed E-state index contributed by atoms with van der Waals surface area (Å²) >= 11 is 0. The molecular weight excluding hydrogens is 222 g/mol. The minimum absolute atomic E-state index is 0.118. The van der Waals surface area contributed by atoms with E-state index in [2.05, 4.69) is 21.3 Å². The van der Waals surface area contributed by atoms with Crippen molar-refractivity contribution < 1.29 is 14.6 Å². The largest absolute Gasteiger partial charge is 0.466 e. The number of hydrogen-bond donors (Lipinski definition) is 1. The molecule has 6 heteroatoms. The lowest BCUT2D eigenvalue weighted by atomic mass is 10.0. The SMILES string of the molecule is C=C(C(=O)OC)C(O)c1ccccc1N=[N+]=[N-]. The van der Waals surface area contributed by atoms with Gasteiger partial charge in [-0.15, -0.1) is 0 Å². The van der Waals surface area contributed by atoms with Gasteiger partial charge in [0.1, 0.15) is 6.10 Å². The van der Waals surface area contributed by atoms with Crippen LogP contribution < -0.4 is 0 Å². The number of aliphatic hydroxyl groups is 1. The van der Waals surface area contributed by atoms with Crippen molar-refractivity contribution in [3.63, 3.8) is 0 Å². The molecule has 0 aliphatic carbocycles. The van der Waals surface area contributed by atoms with Crippen molar-refractivity contribution in [1.29, 1.82) is 0 Å². The zero-order valence-corrected chi connectivity index (χ0v) is 9.20. The van der Waals surface area contributed by atoms with E-state index >= 15 is 0 Å². The van der Waals surface area contributed by atoms with Gasteiger partial charge in [-0.05, 0) is 11.1 Å². The van der Waals surface area contributed by atoms with Crippen LogP contribution in [0.15, 0.2) is 41.5 Å². The average Bonchev–Trinajstić information content (AvgIpc) is 2.37. The first kappa shape index (κ1) is 12.8. The molecular formula is C11H11N3O3. The van der Waals surface area contributed by atoms with Gasteiger partial charge in [-0.25, -0.2) is 4.79 Å². The summed E-state index contributed by atoms with van der Waals surface area (Å²) in [6.45, 7) is 3.44. The van der Waals surface area contributed by atoms with E-state index in [0.717, 1.165) is 0 Å². The van der Waals surface area contributed by atoms with E-state index in [0.29, 0.717) is 5.56 Å². The molecule has 17 heavy (non-hydrogen) atoms. The second-order valence-electron chi connectivity index (χ2n) is 3.17. The van der Waals surface area contributed by atoms with Crippen LogP contribution in [0.5, 0.6) is 0 Å². The number of carbonyl (C=O) groups is 1. The van der Waals surface area contributed by atoms with Crippen LogP contribution >= 0.6 is 0 Å². The Morgan fingerprint density at radius 3 is 2.82 bits per heavy atom. The molecule has 1 unspecified atom stereocenters. The highest BCUT2D eigenvalue weighted by molar-refractivity contribution is 5.89. The number of carbonyl (C=O) groups excluding carboxylic acids is 1. The molecule has 0 spiro atoms. The van der Waals surface area contributed by atoms with E-state index in [-0.39, 0.29) is 11.3 Å². The molecule has 0 saturated heterocycles. The third-order valence-corrected chi connectivity index (χ3v) is 2.16. The summed E-state index contributed by atoms with van der Waals surface area (Å²) in [4.78, 5) is 13.9. The van der Waals surface area contributed by atoms with Gasteiger partial charge in [0.05, 0.1) is 12.7 Å². The number of methoxy groups -OCH3 is 1. The molecule has 1 rings (SSSR count). The standard InChI is InChI=1S/C11H11N3O3/c1-7(11(16)17-2)10(15)8-5-3-4-6-9(8)13-14-12/h3-6,10,15H,1H2,2H3. The molecule has 0 fully saturated rings. The number of benzene rings is 1. The summed E-state index contributed by atoms with van der Waals surface area (Å²) in [6, 6.07) is 6.38. The van der Waals surface area contributed by atoms with Gasteiger partial charge in [-0.2, -0.15) is 0 Å². The van der Waals surface area contributed by atoms with Crippen LogP contribution in [0.25, 0.3) is 10.4 Å². The molecule has 0 amide bonds. The van der Waals surface area contributed by atoms with Gasteiger partial charge in [0, 0.05) is 10.6 Å². The van der Waals surface area contributed by atoms with Crippen LogP contribution in [0.2, 0.25) is 0 Å². The highest BCUT2D eigenvalue weighted by atomic mass is 16.5. The van der Waals surface area contributed by atoms with Gasteiger partial charge in [-0.3, -0.25) is 0 Å². The fourth-order valence-electron chi connectivity index (χ4n) is 1.29. The molecule has 0 saturated carbocycles. The second-order valence-corrected chi connectivity index (χ2v) is 3.17. The third-order valence-electron chi connectivity index (χ3n) is 2.16. The van der Waals surface area contributed by atoms with Crippen LogP contribution in [0.4, 0.5) is 5.69 Å². The quantitative estimate of drug-likeness (QED) is 0.284. The number of rotatable bonds is 4. The van der Waals surface area contributed by atoms with Crippen molar-refractivity contribution in [1.82, 2.24) is 0 Å². The van der Waals surface area contributed by atoms with Crippen molar-refractivity contribution >= 4 is 11.7 Å². The first-order chi connectivity index (χ1) is 8.11. The first-order valence-corrected chi connectivity index (χ1v) is 4.71. The molecule has 1 N–H and O–H groups in total. The number of hydrogen-bond acceptors (Lipinski definition) is 4. The Morgan fingerprint density at radius 2 is 2.24 bits per heavy atom. The monoisotopic (exact) mass is 233 g/mol. The summed E-state index contributed by atoms with van der Waals surface area (Å²) in [5.74, 6) is -0.715. The van der Waals surface area contributed by atoms with Gasteiger partial charge in [-0.1, -0.05) is 36.0 Å². The van der Waals surface area contributed by atoms with Gasteiger partial charge in [0.25, 0.3) is 0 Å². The van der Waals surface area contributed by atoms with E-state index in [1.165, 1.54) is 13.2 Å². The van der Waals surface area contributed by atoms with Crippen LogP contribution in [0.1, 0.15) is 11.7 Å². The van der Waals surface area contributed by atoms with E-state index in [1.54, 1.807) is 18.2 Å². The van der Waals surface area contributed by atoms with E-state index in [1.807, 2.05) is 0 Å². The molecule has 0 bridgehead atoms. The average molecular weight is 233 g/mol. The van der Waals surface area contributed by atoms with Crippen molar-refractivity contribution in [3.05, 3.63) is 52.4 Å². The first-order valence-electron chi connectivity index (χ1n) is 4.71. The molecule has 0 radical (unpaired) electrons. The van der Waals surface area contributed by atoms with Crippen molar-refractivity contribution in [2.75, 3.05) is 7.11 Å². The molecule has 0 aliphatic rings. The van der Waals surface area contributed by atoms with Gasteiger partial charge < -0.3 is 9.84 Å². The molecule has 1 atom stereocenters. The van der Waals surface area contributed by atoms with Gasteiger partial charge >= 0.3 is 5.97 Å². The smallest absolute Gasteiger partial charge is 0.336 e. The maximum absolute atomic E-state index is 11.2. The lowest BCUT2D eigenvalue weighted by molar-refractivity contribution is -0.137. The normalized spacial score (nSPS) is 11.2. The second kappa shape index (κ2) is 5.69. The topological polar surface area (TPSA) is 95.3 Å². The highest BCUT2D eigenvalue weighted by Gasteiger charge is 2.20. The molecule has 6 nitrogen and oxygen atoms in total. The number of nitrogens with zero attached hydrogens (tertiary/aromatic N) is 3.